The minimum atomic E-state index is 0.650. The van der Waals surface area contributed by atoms with Gasteiger partial charge in [-0.3, -0.25) is 4.68 Å². The first-order valence-corrected chi connectivity index (χ1v) is 4.65. The molecule has 2 rings (SSSR count). The number of nitrogens with two attached hydrogens (primary N) is 1. The molecule has 2 N–H and O–H groups in total. The number of nitrogen functional groups attached to an aromatic ring is 1. The van der Waals surface area contributed by atoms with Gasteiger partial charge in [-0.25, -0.2) is 0 Å². The SMILES string of the molecule is Nc1ccc(Cl)c(Cn2cccn2)c1. The molecule has 1 aromatic heterocycles. The zero-order valence-corrected chi connectivity index (χ0v) is 8.28. The highest BCUT2D eigenvalue weighted by molar-refractivity contribution is 6.31. The molecule has 1 heterocycles. The maximum Gasteiger partial charge on any atom is 0.0674 e. The molecule has 0 saturated carbocycles. The summed E-state index contributed by atoms with van der Waals surface area (Å²) >= 11 is 6.02. The van der Waals surface area contributed by atoms with Gasteiger partial charge >= 0.3 is 0 Å². The van der Waals surface area contributed by atoms with Gasteiger partial charge in [-0.05, 0) is 29.8 Å². The van der Waals surface area contributed by atoms with Crippen LogP contribution in [0.2, 0.25) is 5.02 Å². The van der Waals surface area contributed by atoms with Crippen molar-refractivity contribution in [3.05, 3.63) is 47.2 Å². The highest BCUT2D eigenvalue weighted by Crippen LogP contribution is 2.19. The van der Waals surface area contributed by atoms with Gasteiger partial charge in [-0.15, -0.1) is 0 Å². The lowest BCUT2D eigenvalue weighted by molar-refractivity contribution is 0.687. The third-order valence-corrected chi connectivity index (χ3v) is 2.33. The van der Waals surface area contributed by atoms with Crippen LogP contribution in [0.4, 0.5) is 5.69 Å². The predicted octanol–water partition coefficient (Wildman–Crippen LogP) is 2.17. The van der Waals surface area contributed by atoms with Gasteiger partial charge in [0.05, 0.1) is 6.54 Å². The first-order chi connectivity index (χ1) is 6.75. The van der Waals surface area contributed by atoms with Gasteiger partial charge in [0.25, 0.3) is 0 Å². The molecule has 0 atom stereocenters. The molecule has 72 valence electrons. The highest BCUT2D eigenvalue weighted by atomic mass is 35.5. The minimum Gasteiger partial charge on any atom is -0.399 e. The van der Waals surface area contributed by atoms with Gasteiger partial charge in [0, 0.05) is 23.1 Å². The second kappa shape index (κ2) is 3.72. The zero-order valence-electron chi connectivity index (χ0n) is 7.52. The summed E-state index contributed by atoms with van der Waals surface area (Å²) in [6.45, 7) is 0.650. The predicted molar refractivity (Wildman–Crippen MR) is 57.2 cm³/mol. The number of anilines is 1. The number of halogens is 1. The number of nitrogens with zero attached hydrogens (tertiary/aromatic N) is 2. The van der Waals surface area contributed by atoms with Gasteiger partial charge in [0.1, 0.15) is 0 Å². The van der Waals surface area contributed by atoms with Gasteiger partial charge in [-0.2, -0.15) is 5.10 Å². The van der Waals surface area contributed by atoms with Gasteiger partial charge in [0.2, 0.25) is 0 Å². The van der Waals surface area contributed by atoms with Crippen molar-refractivity contribution in [1.82, 2.24) is 9.78 Å². The van der Waals surface area contributed by atoms with Crippen LogP contribution in [0.15, 0.2) is 36.7 Å². The van der Waals surface area contributed by atoms with Crippen molar-refractivity contribution in [3.8, 4) is 0 Å². The summed E-state index contributed by atoms with van der Waals surface area (Å²) in [5.41, 5.74) is 7.37. The second-order valence-electron chi connectivity index (χ2n) is 3.05. The Hall–Kier alpha value is -1.48. The molecule has 14 heavy (non-hydrogen) atoms. The first kappa shape index (κ1) is 9.09. The Bertz CT molecular complexity index is 423. The maximum absolute atomic E-state index is 6.02. The number of aromatic nitrogens is 2. The van der Waals surface area contributed by atoms with E-state index < -0.39 is 0 Å². The van der Waals surface area contributed by atoms with Crippen LogP contribution in [0.3, 0.4) is 0 Å². The van der Waals surface area contributed by atoms with Gasteiger partial charge in [-0.1, -0.05) is 11.6 Å². The Balaban J connectivity index is 2.28. The summed E-state index contributed by atoms with van der Waals surface area (Å²) < 4.78 is 1.81. The fourth-order valence-corrected chi connectivity index (χ4v) is 1.46. The van der Waals surface area contributed by atoms with Crippen molar-refractivity contribution in [2.45, 2.75) is 6.54 Å². The fraction of sp³-hybridized carbons (Fsp3) is 0.100. The lowest BCUT2D eigenvalue weighted by Gasteiger charge is -2.05. The van der Waals surface area contributed by atoms with Crippen molar-refractivity contribution in [3.63, 3.8) is 0 Å². The van der Waals surface area contributed by atoms with E-state index in [1.807, 2.05) is 18.3 Å². The van der Waals surface area contributed by atoms with Crippen LogP contribution < -0.4 is 5.73 Å². The number of rotatable bonds is 2. The fourth-order valence-electron chi connectivity index (χ4n) is 1.28. The van der Waals surface area contributed by atoms with Gasteiger partial charge < -0.3 is 5.73 Å². The van der Waals surface area contributed by atoms with E-state index in [0.717, 1.165) is 16.3 Å². The molecule has 0 saturated heterocycles. The quantitative estimate of drug-likeness (QED) is 0.767. The summed E-state index contributed by atoms with van der Waals surface area (Å²) in [5.74, 6) is 0. The molecule has 0 unspecified atom stereocenters. The Morgan fingerprint density at radius 3 is 3.00 bits per heavy atom. The molecule has 0 aliphatic carbocycles. The van der Waals surface area contributed by atoms with Crippen LogP contribution in [0.1, 0.15) is 5.56 Å². The summed E-state index contributed by atoms with van der Waals surface area (Å²) in [6.07, 6.45) is 3.62. The molecule has 2 aromatic rings. The number of hydrogen-bond acceptors (Lipinski definition) is 2. The van der Waals surface area contributed by atoms with Crippen LogP contribution in [0.5, 0.6) is 0 Å². The van der Waals surface area contributed by atoms with Crippen molar-refractivity contribution < 1.29 is 0 Å². The van der Waals surface area contributed by atoms with E-state index >= 15 is 0 Å². The number of hydrogen-bond donors (Lipinski definition) is 1. The molecular formula is C10H10ClN3. The molecule has 1 aromatic carbocycles. The molecular weight excluding hydrogens is 198 g/mol. The van der Waals surface area contributed by atoms with E-state index in [4.69, 9.17) is 17.3 Å². The smallest absolute Gasteiger partial charge is 0.0674 e. The molecule has 0 bridgehead atoms. The van der Waals surface area contributed by atoms with E-state index in [1.165, 1.54) is 0 Å². The third kappa shape index (κ3) is 1.88. The standard InChI is InChI=1S/C10H10ClN3/c11-10-3-2-9(12)6-8(10)7-14-5-1-4-13-14/h1-6H,7,12H2. The summed E-state index contributed by atoms with van der Waals surface area (Å²) in [4.78, 5) is 0. The molecule has 0 aliphatic heterocycles. The largest absolute Gasteiger partial charge is 0.399 e. The van der Waals surface area contributed by atoms with Gasteiger partial charge in [0.15, 0.2) is 0 Å². The van der Waals surface area contributed by atoms with E-state index in [9.17, 15) is 0 Å². The lowest BCUT2D eigenvalue weighted by Crippen LogP contribution is -2.01. The molecule has 4 heteroatoms. The number of benzene rings is 1. The van der Waals surface area contributed by atoms with Crippen LogP contribution in [0.25, 0.3) is 0 Å². The average Bonchev–Trinajstić information content (AvgIpc) is 2.64. The third-order valence-electron chi connectivity index (χ3n) is 1.96. The lowest BCUT2D eigenvalue weighted by atomic mass is 10.2. The first-order valence-electron chi connectivity index (χ1n) is 4.27. The Morgan fingerprint density at radius 2 is 2.29 bits per heavy atom. The Morgan fingerprint density at radius 1 is 1.43 bits per heavy atom. The molecule has 0 fully saturated rings. The average molecular weight is 208 g/mol. The molecule has 0 radical (unpaired) electrons. The topological polar surface area (TPSA) is 43.8 Å². The van der Waals surface area contributed by atoms with Crippen molar-refractivity contribution >= 4 is 17.3 Å². The van der Waals surface area contributed by atoms with E-state index in [0.29, 0.717) is 6.54 Å². The molecule has 0 amide bonds. The molecule has 0 spiro atoms. The van der Waals surface area contributed by atoms with Crippen molar-refractivity contribution in [2.75, 3.05) is 5.73 Å². The minimum absolute atomic E-state index is 0.650. The van der Waals surface area contributed by atoms with Crippen LogP contribution in [0, 0.1) is 0 Å². The summed E-state index contributed by atoms with van der Waals surface area (Å²) in [7, 11) is 0. The Labute approximate surface area is 87.1 Å². The summed E-state index contributed by atoms with van der Waals surface area (Å²) in [6, 6.07) is 7.33. The molecule has 3 nitrogen and oxygen atoms in total. The van der Waals surface area contributed by atoms with Crippen molar-refractivity contribution in [1.29, 1.82) is 0 Å². The van der Waals surface area contributed by atoms with Crippen molar-refractivity contribution in [2.24, 2.45) is 0 Å². The van der Waals surface area contributed by atoms with E-state index in [1.54, 1.807) is 23.0 Å². The van der Waals surface area contributed by atoms with Crippen LogP contribution in [-0.4, -0.2) is 9.78 Å². The maximum atomic E-state index is 6.02. The van der Waals surface area contributed by atoms with Crippen LogP contribution >= 0.6 is 11.6 Å². The van der Waals surface area contributed by atoms with E-state index in [-0.39, 0.29) is 0 Å². The highest BCUT2D eigenvalue weighted by Gasteiger charge is 2.01. The second-order valence-corrected chi connectivity index (χ2v) is 3.46. The zero-order chi connectivity index (χ0) is 9.97. The normalized spacial score (nSPS) is 10.4. The van der Waals surface area contributed by atoms with Crippen LogP contribution in [-0.2, 0) is 6.54 Å². The monoisotopic (exact) mass is 207 g/mol. The van der Waals surface area contributed by atoms with E-state index in [2.05, 4.69) is 5.10 Å². The summed E-state index contributed by atoms with van der Waals surface area (Å²) in [5, 5.41) is 4.82. The Kier molecular flexibility index (Phi) is 2.41. The molecule has 0 aliphatic rings.